The lowest BCUT2D eigenvalue weighted by Crippen LogP contribution is -1.99. The van der Waals surface area contributed by atoms with Crippen molar-refractivity contribution < 1.29 is 0 Å². The van der Waals surface area contributed by atoms with Gasteiger partial charge in [-0.15, -0.1) is 0 Å². The van der Waals surface area contributed by atoms with Crippen LogP contribution in [-0.2, 0) is 0 Å². The van der Waals surface area contributed by atoms with E-state index in [1.165, 1.54) is 22.1 Å². The fraction of sp³-hybridized carbons (Fsp3) is 0.207. The van der Waals surface area contributed by atoms with Gasteiger partial charge in [0.25, 0.3) is 0 Å². The predicted molar refractivity (Wildman–Crippen MR) is 137 cm³/mol. The Morgan fingerprint density at radius 1 is 0.697 bits per heavy atom. The Hall–Kier alpha value is -3.79. The molecule has 0 spiro atoms. The zero-order valence-electron chi connectivity index (χ0n) is 19.4. The smallest absolute Gasteiger partial charge is 0.145 e. The number of benzene rings is 3. The third kappa shape index (κ3) is 3.01. The highest BCUT2D eigenvalue weighted by Crippen LogP contribution is 2.38. The molecule has 0 unspecified atom stereocenters. The van der Waals surface area contributed by atoms with Crippen molar-refractivity contribution in [3.63, 3.8) is 0 Å². The van der Waals surface area contributed by atoms with E-state index >= 15 is 0 Å². The lowest BCUT2D eigenvalue weighted by Gasteiger charge is -2.18. The van der Waals surface area contributed by atoms with E-state index in [-0.39, 0.29) is 0 Å². The van der Waals surface area contributed by atoms with Gasteiger partial charge in [0.15, 0.2) is 0 Å². The second-order valence-electron chi connectivity index (χ2n) is 9.40. The fourth-order valence-electron chi connectivity index (χ4n) is 5.05. The Morgan fingerprint density at radius 3 is 2.00 bits per heavy atom. The number of aromatic nitrogens is 4. The molecule has 0 fully saturated rings. The summed E-state index contributed by atoms with van der Waals surface area (Å²) in [5.41, 5.74) is 8.85. The zero-order valence-corrected chi connectivity index (χ0v) is 19.4. The molecule has 0 amide bonds. The van der Waals surface area contributed by atoms with Crippen LogP contribution in [0, 0.1) is 0 Å². The van der Waals surface area contributed by atoms with Gasteiger partial charge >= 0.3 is 0 Å². The maximum atomic E-state index is 5.25. The standard InChI is InChI=1S/C29H26N4/c1-17(2)19-10-7-11-20(18(3)4)28(19)26-16-33-27-15-25-24(30-12-13-31-25)14-23(27)21-8-5-6-9-22(21)29(33)32-26/h5-18H,1-4H3. The van der Waals surface area contributed by atoms with E-state index in [2.05, 4.69) is 103 Å². The number of hydrogen-bond acceptors (Lipinski definition) is 3. The lowest BCUT2D eigenvalue weighted by molar-refractivity contribution is 0.837. The quantitative estimate of drug-likeness (QED) is 0.216. The molecular weight excluding hydrogens is 404 g/mol. The monoisotopic (exact) mass is 430 g/mol. The highest BCUT2D eigenvalue weighted by molar-refractivity contribution is 6.14. The average molecular weight is 431 g/mol. The molecule has 0 aliphatic carbocycles. The largest absolute Gasteiger partial charge is 0.298 e. The molecule has 3 aromatic carbocycles. The number of fused-ring (bicyclic) bond motifs is 7. The van der Waals surface area contributed by atoms with E-state index in [1.54, 1.807) is 12.4 Å². The summed E-state index contributed by atoms with van der Waals surface area (Å²) in [7, 11) is 0. The van der Waals surface area contributed by atoms with Crippen LogP contribution in [0.15, 0.2) is 73.2 Å². The van der Waals surface area contributed by atoms with Gasteiger partial charge in [-0.25, -0.2) is 4.98 Å². The summed E-state index contributed by atoms with van der Waals surface area (Å²) in [6.07, 6.45) is 5.71. The first-order valence-corrected chi connectivity index (χ1v) is 11.6. The minimum atomic E-state index is 0.413. The second kappa shape index (κ2) is 7.38. The molecule has 4 heteroatoms. The normalized spacial score (nSPS) is 12.2. The van der Waals surface area contributed by atoms with Gasteiger partial charge in [0.05, 0.1) is 22.2 Å². The van der Waals surface area contributed by atoms with Crippen molar-refractivity contribution in [1.82, 2.24) is 19.4 Å². The number of nitrogens with zero attached hydrogens (tertiary/aromatic N) is 4. The van der Waals surface area contributed by atoms with Crippen molar-refractivity contribution in [3.8, 4) is 11.3 Å². The van der Waals surface area contributed by atoms with E-state index in [0.29, 0.717) is 11.8 Å². The predicted octanol–water partition coefficient (Wildman–Crippen LogP) is 7.50. The minimum Gasteiger partial charge on any atom is -0.298 e. The number of imidazole rings is 1. The maximum Gasteiger partial charge on any atom is 0.145 e. The van der Waals surface area contributed by atoms with Gasteiger partial charge < -0.3 is 0 Å². The van der Waals surface area contributed by atoms with E-state index in [1.807, 2.05) is 0 Å². The van der Waals surface area contributed by atoms with Crippen LogP contribution in [0.5, 0.6) is 0 Å². The van der Waals surface area contributed by atoms with E-state index in [9.17, 15) is 0 Å². The first-order chi connectivity index (χ1) is 16.0. The molecule has 3 aromatic heterocycles. The average Bonchev–Trinajstić information content (AvgIpc) is 3.28. The van der Waals surface area contributed by atoms with Crippen molar-refractivity contribution in [2.24, 2.45) is 0 Å². The number of pyridine rings is 1. The van der Waals surface area contributed by atoms with Crippen LogP contribution >= 0.6 is 0 Å². The van der Waals surface area contributed by atoms with Crippen LogP contribution in [-0.4, -0.2) is 19.4 Å². The van der Waals surface area contributed by atoms with Gasteiger partial charge in [-0.2, -0.15) is 0 Å². The summed E-state index contributed by atoms with van der Waals surface area (Å²) in [5.74, 6) is 0.826. The molecular formula is C29H26N4. The van der Waals surface area contributed by atoms with Crippen LogP contribution in [0.2, 0.25) is 0 Å². The molecule has 0 N–H and O–H groups in total. The summed E-state index contributed by atoms with van der Waals surface area (Å²) in [5, 5.41) is 3.50. The topological polar surface area (TPSA) is 43.1 Å². The van der Waals surface area contributed by atoms with Gasteiger partial charge in [0.2, 0.25) is 0 Å². The summed E-state index contributed by atoms with van der Waals surface area (Å²) >= 11 is 0. The van der Waals surface area contributed by atoms with Crippen molar-refractivity contribution in [2.75, 3.05) is 0 Å². The Bertz CT molecular complexity index is 1650. The van der Waals surface area contributed by atoms with Gasteiger partial charge in [0, 0.05) is 34.9 Å². The van der Waals surface area contributed by atoms with Gasteiger partial charge in [-0.1, -0.05) is 70.2 Å². The van der Waals surface area contributed by atoms with Crippen LogP contribution < -0.4 is 0 Å². The van der Waals surface area contributed by atoms with E-state index in [0.717, 1.165) is 38.7 Å². The molecule has 0 bridgehead atoms. The molecule has 4 nitrogen and oxygen atoms in total. The Morgan fingerprint density at radius 2 is 1.33 bits per heavy atom. The zero-order chi connectivity index (χ0) is 22.7. The maximum absolute atomic E-state index is 5.25. The molecule has 0 aliphatic heterocycles. The fourth-order valence-corrected chi connectivity index (χ4v) is 5.05. The molecule has 162 valence electrons. The Balaban J connectivity index is 1.78. The third-order valence-electron chi connectivity index (χ3n) is 6.64. The Labute approximate surface area is 193 Å². The molecule has 33 heavy (non-hydrogen) atoms. The first kappa shape index (κ1) is 19.9. The molecule has 3 heterocycles. The minimum absolute atomic E-state index is 0.413. The molecule has 6 aromatic rings. The first-order valence-electron chi connectivity index (χ1n) is 11.6. The highest BCUT2D eigenvalue weighted by Gasteiger charge is 2.20. The Kier molecular flexibility index (Phi) is 4.44. The molecule has 0 saturated heterocycles. The number of rotatable bonds is 3. The van der Waals surface area contributed by atoms with Crippen LogP contribution in [0.3, 0.4) is 0 Å². The van der Waals surface area contributed by atoms with Gasteiger partial charge in [0.1, 0.15) is 5.65 Å². The van der Waals surface area contributed by atoms with Crippen molar-refractivity contribution in [2.45, 2.75) is 39.5 Å². The molecule has 0 saturated carbocycles. The van der Waals surface area contributed by atoms with E-state index in [4.69, 9.17) is 4.98 Å². The van der Waals surface area contributed by atoms with Crippen molar-refractivity contribution >= 4 is 38.4 Å². The molecule has 6 rings (SSSR count). The SMILES string of the molecule is CC(C)c1cccc(C(C)C)c1-c1cn2c3cc4nccnc4cc3c3ccccc3c2n1. The summed E-state index contributed by atoms with van der Waals surface area (Å²) in [4.78, 5) is 14.4. The second-order valence-corrected chi connectivity index (χ2v) is 9.40. The van der Waals surface area contributed by atoms with E-state index < -0.39 is 0 Å². The summed E-state index contributed by atoms with van der Waals surface area (Å²) in [6, 6.07) is 19.5. The molecule has 0 radical (unpaired) electrons. The molecule has 0 atom stereocenters. The highest BCUT2D eigenvalue weighted by atomic mass is 15.0. The van der Waals surface area contributed by atoms with Crippen LogP contribution in [0.1, 0.15) is 50.7 Å². The van der Waals surface area contributed by atoms with Crippen molar-refractivity contribution in [3.05, 3.63) is 84.3 Å². The van der Waals surface area contributed by atoms with Crippen molar-refractivity contribution in [1.29, 1.82) is 0 Å². The van der Waals surface area contributed by atoms with Gasteiger partial charge in [-0.05, 0) is 40.5 Å². The summed E-state index contributed by atoms with van der Waals surface area (Å²) in [6.45, 7) is 9.03. The van der Waals surface area contributed by atoms with Crippen LogP contribution in [0.25, 0.3) is 49.6 Å². The van der Waals surface area contributed by atoms with Crippen LogP contribution in [0.4, 0.5) is 0 Å². The lowest BCUT2D eigenvalue weighted by atomic mass is 9.87. The number of hydrogen-bond donors (Lipinski definition) is 0. The summed E-state index contributed by atoms with van der Waals surface area (Å²) < 4.78 is 2.24. The van der Waals surface area contributed by atoms with Gasteiger partial charge in [-0.3, -0.25) is 14.4 Å². The third-order valence-corrected chi connectivity index (χ3v) is 6.64. The molecule has 0 aliphatic rings.